The predicted octanol–water partition coefficient (Wildman–Crippen LogP) is 4.39. The number of rotatable bonds is 6. The van der Waals surface area contributed by atoms with Gasteiger partial charge < -0.3 is 10.1 Å². The number of hydrogen-bond acceptors (Lipinski definition) is 4. The van der Waals surface area contributed by atoms with E-state index in [4.69, 9.17) is 4.74 Å². The van der Waals surface area contributed by atoms with Gasteiger partial charge in [0.25, 0.3) is 15.9 Å². The number of methoxy groups -OCH3 is 1. The summed E-state index contributed by atoms with van der Waals surface area (Å²) >= 11 is 0. The maximum Gasteiger partial charge on any atom is 0.264 e. The first-order valence-corrected chi connectivity index (χ1v) is 10.8. The SMILES string of the molecule is COc1ccc(S(=O)(=O)N(C)c2cccc(C(=O)Nc3c(C)cccc3C)c2)cc1. The lowest BCUT2D eigenvalue weighted by Crippen LogP contribution is -2.27. The quantitative estimate of drug-likeness (QED) is 0.637. The number of sulfonamides is 1. The molecule has 3 aromatic carbocycles. The Hall–Kier alpha value is -3.32. The molecule has 156 valence electrons. The van der Waals surface area contributed by atoms with Crippen LogP contribution in [-0.2, 0) is 10.0 Å². The molecule has 6 nitrogen and oxygen atoms in total. The van der Waals surface area contributed by atoms with Crippen LogP contribution in [0.2, 0.25) is 0 Å². The third kappa shape index (κ3) is 4.31. The van der Waals surface area contributed by atoms with Crippen LogP contribution in [0.25, 0.3) is 0 Å². The maximum atomic E-state index is 13.0. The lowest BCUT2D eigenvalue weighted by molar-refractivity contribution is 0.102. The van der Waals surface area contributed by atoms with Gasteiger partial charge in [-0.3, -0.25) is 9.10 Å². The van der Waals surface area contributed by atoms with Gasteiger partial charge in [0, 0.05) is 18.3 Å². The number of hydrogen-bond donors (Lipinski definition) is 1. The summed E-state index contributed by atoms with van der Waals surface area (Å²) in [6.07, 6.45) is 0. The van der Waals surface area contributed by atoms with Crippen molar-refractivity contribution in [3.8, 4) is 5.75 Å². The third-order valence-electron chi connectivity index (χ3n) is 4.91. The molecule has 0 aliphatic carbocycles. The molecular formula is C23H24N2O4S. The molecule has 0 unspecified atom stereocenters. The second kappa shape index (κ2) is 8.59. The van der Waals surface area contributed by atoms with E-state index in [0.717, 1.165) is 21.1 Å². The Morgan fingerprint density at radius 3 is 2.13 bits per heavy atom. The molecule has 0 heterocycles. The Kier molecular flexibility index (Phi) is 6.12. The summed E-state index contributed by atoms with van der Waals surface area (Å²) in [6, 6.07) is 18.5. The first-order valence-electron chi connectivity index (χ1n) is 9.34. The van der Waals surface area contributed by atoms with E-state index in [-0.39, 0.29) is 10.8 Å². The molecule has 1 N–H and O–H groups in total. The van der Waals surface area contributed by atoms with E-state index in [1.807, 2.05) is 32.0 Å². The number of amides is 1. The average molecular weight is 425 g/mol. The first-order chi connectivity index (χ1) is 14.2. The number of carbonyl (C=O) groups is 1. The third-order valence-corrected chi connectivity index (χ3v) is 6.71. The van der Waals surface area contributed by atoms with Crippen LogP contribution < -0.4 is 14.4 Å². The van der Waals surface area contributed by atoms with E-state index in [1.165, 1.54) is 26.3 Å². The molecule has 30 heavy (non-hydrogen) atoms. The lowest BCUT2D eigenvalue weighted by Gasteiger charge is -2.20. The molecule has 1 amide bonds. The van der Waals surface area contributed by atoms with Gasteiger partial charge in [0.15, 0.2) is 0 Å². The maximum absolute atomic E-state index is 13.0. The van der Waals surface area contributed by atoms with Crippen LogP contribution in [0.1, 0.15) is 21.5 Å². The Labute approximate surface area is 177 Å². The highest BCUT2D eigenvalue weighted by molar-refractivity contribution is 7.92. The normalized spacial score (nSPS) is 11.1. The Morgan fingerprint density at radius 1 is 0.933 bits per heavy atom. The number of nitrogens with one attached hydrogen (secondary N) is 1. The number of benzene rings is 3. The number of carbonyl (C=O) groups excluding carboxylic acids is 1. The van der Waals surface area contributed by atoms with Crippen molar-refractivity contribution in [1.29, 1.82) is 0 Å². The van der Waals surface area contributed by atoms with E-state index >= 15 is 0 Å². The molecule has 3 aromatic rings. The summed E-state index contributed by atoms with van der Waals surface area (Å²) in [5.41, 5.74) is 3.43. The molecule has 0 aromatic heterocycles. The zero-order valence-corrected chi connectivity index (χ0v) is 18.2. The summed E-state index contributed by atoms with van der Waals surface area (Å²) in [6.45, 7) is 3.85. The molecule has 0 saturated carbocycles. The highest BCUT2D eigenvalue weighted by Gasteiger charge is 2.22. The number of anilines is 2. The molecule has 3 rings (SSSR count). The Bertz CT molecular complexity index is 1150. The van der Waals surface area contributed by atoms with Gasteiger partial charge in [-0.25, -0.2) is 8.42 Å². The smallest absolute Gasteiger partial charge is 0.264 e. The number of para-hydroxylation sites is 1. The van der Waals surface area contributed by atoms with Crippen LogP contribution in [0.3, 0.4) is 0 Å². The van der Waals surface area contributed by atoms with E-state index in [2.05, 4.69) is 5.32 Å². The summed E-state index contributed by atoms with van der Waals surface area (Å²) < 4.78 is 32.2. The minimum absolute atomic E-state index is 0.135. The minimum Gasteiger partial charge on any atom is -0.497 e. The molecule has 0 bridgehead atoms. The summed E-state index contributed by atoms with van der Waals surface area (Å²) in [5.74, 6) is 0.270. The van der Waals surface area contributed by atoms with Crippen molar-refractivity contribution in [3.63, 3.8) is 0 Å². The fraction of sp³-hybridized carbons (Fsp3) is 0.174. The van der Waals surface area contributed by atoms with Gasteiger partial charge in [0.05, 0.1) is 17.7 Å². The van der Waals surface area contributed by atoms with Crippen molar-refractivity contribution in [3.05, 3.63) is 83.4 Å². The van der Waals surface area contributed by atoms with E-state index in [0.29, 0.717) is 17.0 Å². The van der Waals surface area contributed by atoms with Crippen LogP contribution >= 0.6 is 0 Å². The fourth-order valence-corrected chi connectivity index (χ4v) is 4.27. The monoisotopic (exact) mass is 424 g/mol. The highest BCUT2D eigenvalue weighted by atomic mass is 32.2. The van der Waals surface area contributed by atoms with Crippen LogP contribution in [-0.4, -0.2) is 28.5 Å². The Morgan fingerprint density at radius 2 is 1.53 bits per heavy atom. The number of ether oxygens (including phenoxy) is 1. The first kappa shape index (κ1) is 21.4. The molecule has 0 aliphatic heterocycles. The summed E-state index contributed by atoms with van der Waals surface area (Å²) in [4.78, 5) is 12.9. The van der Waals surface area contributed by atoms with E-state index in [9.17, 15) is 13.2 Å². The second-order valence-corrected chi connectivity index (χ2v) is 8.89. The van der Waals surface area contributed by atoms with E-state index < -0.39 is 10.0 Å². The van der Waals surface area contributed by atoms with Gasteiger partial charge >= 0.3 is 0 Å². The van der Waals surface area contributed by atoms with Crippen molar-refractivity contribution in [1.82, 2.24) is 0 Å². The summed E-state index contributed by atoms with van der Waals surface area (Å²) in [5, 5.41) is 2.92. The molecule has 0 radical (unpaired) electrons. The van der Waals surface area contributed by atoms with Crippen LogP contribution in [0, 0.1) is 13.8 Å². The van der Waals surface area contributed by atoms with Gasteiger partial charge in [0.2, 0.25) is 0 Å². The van der Waals surface area contributed by atoms with Crippen molar-refractivity contribution < 1.29 is 17.9 Å². The average Bonchev–Trinajstić information content (AvgIpc) is 2.75. The van der Waals surface area contributed by atoms with Gasteiger partial charge in [-0.1, -0.05) is 24.3 Å². The minimum atomic E-state index is -3.79. The topological polar surface area (TPSA) is 75.7 Å². The van der Waals surface area contributed by atoms with Gasteiger partial charge in [0.1, 0.15) is 5.75 Å². The zero-order valence-electron chi connectivity index (χ0n) is 17.3. The number of aryl methyl sites for hydroxylation is 2. The lowest BCUT2D eigenvalue weighted by atomic mass is 10.1. The van der Waals surface area contributed by atoms with Crippen LogP contribution in [0.4, 0.5) is 11.4 Å². The summed E-state index contributed by atoms with van der Waals surface area (Å²) in [7, 11) is -0.807. The molecule has 7 heteroatoms. The van der Waals surface area contributed by atoms with Crippen LogP contribution in [0.5, 0.6) is 5.75 Å². The largest absolute Gasteiger partial charge is 0.497 e. The van der Waals surface area contributed by atoms with Crippen molar-refractivity contribution >= 4 is 27.3 Å². The van der Waals surface area contributed by atoms with Crippen LogP contribution in [0.15, 0.2) is 71.6 Å². The molecule has 0 spiro atoms. The van der Waals surface area contributed by atoms with Gasteiger partial charge in [-0.15, -0.1) is 0 Å². The standard InChI is InChI=1S/C23H24N2O4S/c1-16-7-5-8-17(2)22(16)24-23(26)18-9-6-10-19(15-18)25(3)30(27,28)21-13-11-20(29-4)12-14-21/h5-15H,1-4H3,(H,24,26). The highest BCUT2D eigenvalue weighted by Crippen LogP contribution is 2.25. The van der Waals surface area contributed by atoms with Crippen molar-refractivity contribution in [2.45, 2.75) is 18.7 Å². The van der Waals surface area contributed by atoms with Crippen molar-refractivity contribution in [2.24, 2.45) is 0 Å². The zero-order chi connectivity index (χ0) is 21.9. The van der Waals surface area contributed by atoms with E-state index in [1.54, 1.807) is 36.4 Å². The molecule has 0 fully saturated rings. The predicted molar refractivity (Wildman–Crippen MR) is 119 cm³/mol. The second-order valence-electron chi connectivity index (χ2n) is 6.92. The Balaban J connectivity index is 1.87. The van der Waals surface area contributed by atoms with Gasteiger partial charge in [-0.05, 0) is 67.4 Å². The van der Waals surface area contributed by atoms with Crippen molar-refractivity contribution in [2.75, 3.05) is 23.8 Å². The number of nitrogens with zero attached hydrogens (tertiary/aromatic N) is 1. The molecule has 0 atom stereocenters. The molecule has 0 saturated heterocycles. The molecular weight excluding hydrogens is 400 g/mol. The molecule has 0 aliphatic rings. The fourth-order valence-electron chi connectivity index (χ4n) is 3.08. The van der Waals surface area contributed by atoms with Gasteiger partial charge in [-0.2, -0.15) is 0 Å².